The zero-order valence-corrected chi connectivity index (χ0v) is 15.4. The number of fused-ring (bicyclic) bond motifs is 1. The summed E-state index contributed by atoms with van der Waals surface area (Å²) in [6, 6.07) is 13.1. The summed E-state index contributed by atoms with van der Waals surface area (Å²) in [6.07, 6.45) is 0.482. The molecule has 29 heavy (non-hydrogen) atoms. The molecule has 5 amide bonds. The number of hydrogen-bond acceptors (Lipinski definition) is 5. The number of benzene rings is 2. The molecule has 0 aliphatic carbocycles. The SMILES string of the molecule is O=C(CN1C(=O)c2ccccc2C1=O)Nc1ccc(CN2C(=O)CCC2=O)cc1. The van der Waals surface area contributed by atoms with Crippen LogP contribution in [0.15, 0.2) is 48.5 Å². The summed E-state index contributed by atoms with van der Waals surface area (Å²) in [4.78, 5) is 62.5. The highest BCUT2D eigenvalue weighted by Crippen LogP contribution is 2.22. The largest absolute Gasteiger partial charge is 0.325 e. The summed E-state index contributed by atoms with van der Waals surface area (Å²) in [5.41, 5.74) is 1.82. The minimum atomic E-state index is -0.503. The number of hydrogen-bond donors (Lipinski definition) is 1. The van der Waals surface area contributed by atoms with E-state index in [-0.39, 0.29) is 37.7 Å². The molecule has 0 spiro atoms. The normalized spacial score (nSPS) is 15.9. The van der Waals surface area contributed by atoms with E-state index in [1.54, 1.807) is 48.5 Å². The third-order valence-corrected chi connectivity index (χ3v) is 4.91. The zero-order chi connectivity index (χ0) is 20.5. The molecule has 1 saturated heterocycles. The van der Waals surface area contributed by atoms with Gasteiger partial charge in [-0.1, -0.05) is 24.3 Å². The molecule has 146 valence electrons. The van der Waals surface area contributed by atoms with E-state index < -0.39 is 17.7 Å². The third kappa shape index (κ3) is 3.52. The van der Waals surface area contributed by atoms with Crippen molar-refractivity contribution < 1.29 is 24.0 Å². The van der Waals surface area contributed by atoms with Crippen LogP contribution in [-0.2, 0) is 20.9 Å². The van der Waals surface area contributed by atoms with Crippen LogP contribution in [-0.4, -0.2) is 45.9 Å². The van der Waals surface area contributed by atoms with Crippen LogP contribution in [0.2, 0.25) is 0 Å². The topological polar surface area (TPSA) is 104 Å². The molecular weight excluding hydrogens is 374 g/mol. The Labute approximate surface area is 166 Å². The Kier molecular flexibility index (Phi) is 4.67. The molecule has 0 aromatic heterocycles. The van der Waals surface area contributed by atoms with E-state index in [4.69, 9.17) is 0 Å². The smallest absolute Gasteiger partial charge is 0.262 e. The molecule has 4 rings (SSSR count). The molecule has 2 aliphatic rings. The monoisotopic (exact) mass is 391 g/mol. The van der Waals surface area contributed by atoms with Gasteiger partial charge in [0.25, 0.3) is 11.8 Å². The fourth-order valence-corrected chi connectivity index (χ4v) is 3.40. The van der Waals surface area contributed by atoms with Gasteiger partial charge >= 0.3 is 0 Å². The van der Waals surface area contributed by atoms with E-state index in [1.165, 1.54) is 4.90 Å². The van der Waals surface area contributed by atoms with E-state index >= 15 is 0 Å². The van der Waals surface area contributed by atoms with Crippen LogP contribution in [0.1, 0.15) is 39.1 Å². The Morgan fingerprint density at radius 1 is 0.793 bits per heavy atom. The van der Waals surface area contributed by atoms with E-state index in [9.17, 15) is 24.0 Å². The average molecular weight is 391 g/mol. The molecule has 2 heterocycles. The molecule has 2 aliphatic heterocycles. The van der Waals surface area contributed by atoms with Crippen LogP contribution in [0.25, 0.3) is 0 Å². The van der Waals surface area contributed by atoms with Gasteiger partial charge < -0.3 is 5.32 Å². The van der Waals surface area contributed by atoms with Gasteiger partial charge in [0.05, 0.1) is 17.7 Å². The van der Waals surface area contributed by atoms with Crippen molar-refractivity contribution in [1.82, 2.24) is 9.80 Å². The number of rotatable bonds is 5. The highest BCUT2D eigenvalue weighted by Gasteiger charge is 2.36. The number of likely N-dealkylation sites (tertiary alicyclic amines) is 1. The maximum atomic E-state index is 12.3. The van der Waals surface area contributed by atoms with Gasteiger partial charge in [-0.25, -0.2) is 0 Å². The van der Waals surface area contributed by atoms with Crippen LogP contribution < -0.4 is 5.32 Å². The second-order valence-electron chi connectivity index (χ2n) is 6.86. The van der Waals surface area contributed by atoms with Crippen LogP contribution in [0.5, 0.6) is 0 Å². The summed E-state index contributed by atoms with van der Waals surface area (Å²) in [6.45, 7) is -0.189. The van der Waals surface area contributed by atoms with Gasteiger partial charge in [-0.2, -0.15) is 0 Å². The van der Waals surface area contributed by atoms with E-state index in [0.29, 0.717) is 16.8 Å². The van der Waals surface area contributed by atoms with Gasteiger partial charge in [0.15, 0.2) is 0 Å². The van der Waals surface area contributed by atoms with Gasteiger partial charge in [-0.05, 0) is 29.8 Å². The standard InChI is InChI=1S/C21H17N3O5/c25-17(12-24-20(28)15-3-1-2-4-16(15)21(24)29)22-14-7-5-13(6-8-14)11-23-18(26)9-10-19(23)27/h1-8H,9-12H2,(H,22,25). The predicted molar refractivity (Wildman–Crippen MR) is 102 cm³/mol. The summed E-state index contributed by atoms with van der Waals surface area (Å²) in [7, 11) is 0. The number of carbonyl (C=O) groups is 5. The molecule has 0 bridgehead atoms. The highest BCUT2D eigenvalue weighted by atomic mass is 16.2. The first kappa shape index (κ1) is 18.5. The first-order chi connectivity index (χ1) is 13.9. The van der Waals surface area contributed by atoms with Crippen LogP contribution in [0, 0.1) is 0 Å². The Morgan fingerprint density at radius 3 is 1.90 bits per heavy atom. The maximum Gasteiger partial charge on any atom is 0.262 e. The average Bonchev–Trinajstić information content (AvgIpc) is 3.15. The van der Waals surface area contributed by atoms with Crippen LogP contribution in [0.3, 0.4) is 0 Å². The molecule has 0 radical (unpaired) electrons. The van der Waals surface area contributed by atoms with E-state index in [2.05, 4.69) is 5.32 Å². The lowest BCUT2D eigenvalue weighted by Gasteiger charge is -2.15. The fraction of sp³-hybridized carbons (Fsp3) is 0.190. The highest BCUT2D eigenvalue weighted by molar-refractivity contribution is 6.22. The summed E-state index contributed by atoms with van der Waals surface area (Å²) in [5, 5.41) is 2.64. The summed E-state index contributed by atoms with van der Waals surface area (Å²) >= 11 is 0. The molecule has 2 aromatic carbocycles. The van der Waals surface area contributed by atoms with Gasteiger partial charge in [0, 0.05) is 18.5 Å². The minimum Gasteiger partial charge on any atom is -0.325 e. The van der Waals surface area contributed by atoms with Crippen molar-refractivity contribution in [3.63, 3.8) is 0 Å². The Morgan fingerprint density at radius 2 is 1.34 bits per heavy atom. The second kappa shape index (κ2) is 7.31. The van der Waals surface area contributed by atoms with Crippen molar-refractivity contribution in [2.75, 3.05) is 11.9 Å². The number of amides is 5. The lowest BCUT2D eigenvalue weighted by atomic mass is 10.1. The van der Waals surface area contributed by atoms with Crippen molar-refractivity contribution >= 4 is 35.2 Å². The van der Waals surface area contributed by atoms with Gasteiger partial charge in [-0.15, -0.1) is 0 Å². The first-order valence-corrected chi connectivity index (χ1v) is 9.11. The Balaban J connectivity index is 1.37. The molecule has 8 heteroatoms. The molecule has 8 nitrogen and oxygen atoms in total. The minimum absolute atomic E-state index is 0.187. The van der Waals surface area contributed by atoms with Crippen LogP contribution in [0.4, 0.5) is 5.69 Å². The van der Waals surface area contributed by atoms with Crippen molar-refractivity contribution in [3.05, 3.63) is 65.2 Å². The molecule has 1 fully saturated rings. The molecule has 1 N–H and O–H groups in total. The molecule has 0 atom stereocenters. The van der Waals surface area contributed by atoms with Crippen molar-refractivity contribution in [3.8, 4) is 0 Å². The van der Waals surface area contributed by atoms with Gasteiger partial charge in [0.2, 0.25) is 17.7 Å². The van der Waals surface area contributed by atoms with Crippen LogP contribution >= 0.6 is 0 Å². The number of anilines is 1. The number of nitrogens with zero attached hydrogens (tertiary/aromatic N) is 2. The number of imide groups is 2. The maximum absolute atomic E-state index is 12.3. The Bertz CT molecular complexity index is 994. The Hall–Kier alpha value is -3.81. The van der Waals surface area contributed by atoms with Gasteiger partial charge in [0.1, 0.15) is 6.54 Å². The summed E-state index contributed by atoms with van der Waals surface area (Å²) < 4.78 is 0. The molecule has 0 unspecified atom stereocenters. The fourth-order valence-electron chi connectivity index (χ4n) is 3.40. The summed E-state index contributed by atoms with van der Waals surface area (Å²) in [5.74, 6) is -1.86. The van der Waals surface area contributed by atoms with E-state index in [1.807, 2.05) is 0 Å². The molecular formula is C21H17N3O5. The predicted octanol–water partition coefficient (Wildman–Crippen LogP) is 1.57. The van der Waals surface area contributed by atoms with Crippen molar-refractivity contribution in [1.29, 1.82) is 0 Å². The zero-order valence-electron chi connectivity index (χ0n) is 15.4. The van der Waals surface area contributed by atoms with Gasteiger partial charge in [-0.3, -0.25) is 33.8 Å². The second-order valence-corrected chi connectivity index (χ2v) is 6.86. The van der Waals surface area contributed by atoms with E-state index in [0.717, 1.165) is 10.5 Å². The van der Waals surface area contributed by atoms with Crippen molar-refractivity contribution in [2.45, 2.75) is 19.4 Å². The quantitative estimate of drug-likeness (QED) is 0.779. The van der Waals surface area contributed by atoms with Crippen molar-refractivity contribution in [2.24, 2.45) is 0 Å². The first-order valence-electron chi connectivity index (χ1n) is 9.11. The number of nitrogens with one attached hydrogen (secondary N) is 1. The molecule has 2 aromatic rings. The molecule has 0 saturated carbocycles. The lowest BCUT2D eigenvalue weighted by molar-refractivity contribution is -0.139. The number of carbonyl (C=O) groups excluding carboxylic acids is 5. The third-order valence-electron chi connectivity index (χ3n) is 4.91. The lowest BCUT2D eigenvalue weighted by Crippen LogP contribution is -2.37.